The third-order valence-corrected chi connectivity index (χ3v) is 4.04. The lowest BCUT2D eigenvalue weighted by atomic mass is 10.2. The minimum atomic E-state index is 0.635. The largest absolute Gasteiger partial charge is 0.370 e. The number of nitrogens with zero attached hydrogens (tertiary/aromatic N) is 3. The molecule has 1 N–H and O–H groups in total. The van der Waals surface area contributed by atoms with Crippen LogP contribution in [-0.2, 0) is 6.54 Å². The molecule has 2 aliphatic heterocycles. The summed E-state index contributed by atoms with van der Waals surface area (Å²) < 4.78 is 0. The second kappa shape index (κ2) is 6.09. The number of likely N-dealkylation sites (tertiary alicyclic amines) is 1. The second-order valence-electron chi connectivity index (χ2n) is 5.42. The lowest BCUT2D eigenvalue weighted by Crippen LogP contribution is -2.30. The Balaban J connectivity index is 1.55. The zero-order valence-corrected chi connectivity index (χ0v) is 12.0. The average molecular weight is 270 g/mol. The molecule has 1 atom stereocenters. The molecule has 0 aliphatic carbocycles. The van der Waals surface area contributed by atoms with Crippen molar-refractivity contribution in [2.24, 2.45) is 0 Å². The van der Waals surface area contributed by atoms with Gasteiger partial charge >= 0.3 is 0 Å². The number of aromatic nitrogens is 1. The minimum Gasteiger partial charge on any atom is -0.370 e. The van der Waals surface area contributed by atoms with Gasteiger partial charge in [0.15, 0.2) is 0 Å². The molecule has 0 bridgehead atoms. The summed E-state index contributed by atoms with van der Waals surface area (Å²) in [4.78, 5) is 9.13. The molecule has 1 fully saturated rings. The van der Waals surface area contributed by atoms with Crippen LogP contribution in [0.4, 0.5) is 0 Å². The van der Waals surface area contributed by atoms with Crippen LogP contribution in [0.5, 0.6) is 0 Å². The maximum Gasteiger partial charge on any atom is 0.0600 e. The van der Waals surface area contributed by atoms with Gasteiger partial charge in [-0.1, -0.05) is 6.07 Å². The van der Waals surface area contributed by atoms with Crippen molar-refractivity contribution >= 4 is 0 Å². The predicted molar refractivity (Wildman–Crippen MR) is 80.9 cm³/mol. The Hall–Kier alpha value is -1.81. The van der Waals surface area contributed by atoms with Crippen molar-refractivity contribution < 1.29 is 0 Å². The van der Waals surface area contributed by atoms with Crippen LogP contribution in [0, 0.1) is 0 Å². The summed E-state index contributed by atoms with van der Waals surface area (Å²) >= 11 is 0. The van der Waals surface area contributed by atoms with Gasteiger partial charge < -0.3 is 15.1 Å². The second-order valence-corrected chi connectivity index (χ2v) is 5.42. The molecule has 1 aromatic rings. The molecule has 2 aliphatic rings. The number of likely N-dealkylation sites (N-methyl/N-ethyl adjacent to an activating group) is 1. The summed E-state index contributed by atoms with van der Waals surface area (Å²) in [6.07, 6.45) is 9.83. The van der Waals surface area contributed by atoms with Crippen LogP contribution in [0.25, 0.3) is 0 Å². The van der Waals surface area contributed by atoms with Crippen molar-refractivity contribution in [1.82, 2.24) is 20.1 Å². The van der Waals surface area contributed by atoms with E-state index in [1.807, 2.05) is 25.4 Å². The first kappa shape index (κ1) is 13.2. The van der Waals surface area contributed by atoms with Crippen molar-refractivity contribution in [3.8, 4) is 0 Å². The van der Waals surface area contributed by atoms with E-state index in [0.29, 0.717) is 6.04 Å². The first-order valence-electron chi connectivity index (χ1n) is 7.29. The Kier molecular flexibility index (Phi) is 4.02. The van der Waals surface area contributed by atoms with E-state index in [4.69, 9.17) is 0 Å². The Morgan fingerprint density at radius 1 is 1.40 bits per heavy atom. The third-order valence-electron chi connectivity index (χ3n) is 4.04. The summed E-state index contributed by atoms with van der Waals surface area (Å²) in [5, 5.41) is 3.36. The minimum absolute atomic E-state index is 0.635. The SMILES string of the molecule is CN[C@H]1CCN(C2=CCN(Cc3ccccn3)C=C2)C1. The van der Waals surface area contributed by atoms with Crippen LogP contribution in [-0.4, -0.2) is 47.5 Å². The number of pyridine rings is 1. The Bertz CT molecular complexity index is 494. The smallest absolute Gasteiger partial charge is 0.0600 e. The highest BCUT2D eigenvalue weighted by molar-refractivity contribution is 5.23. The zero-order valence-electron chi connectivity index (χ0n) is 12.0. The molecule has 1 saturated heterocycles. The molecule has 0 saturated carbocycles. The summed E-state index contributed by atoms with van der Waals surface area (Å²) in [6, 6.07) is 6.71. The number of hydrogen-bond donors (Lipinski definition) is 1. The van der Waals surface area contributed by atoms with Crippen molar-refractivity contribution in [3.05, 3.63) is 54.1 Å². The molecule has 1 aromatic heterocycles. The van der Waals surface area contributed by atoms with Gasteiger partial charge in [0, 0.05) is 43.8 Å². The first-order valence-corrected chi connectivity index (χ1v) is 7.29. The molecule has 3 heterocycles. The number of allylic oxidation sites excluding steroid dienone is 1. The molecule has 0 aromatic carbocycles. The van der Waals surface area contributed by atoms with E-state index >= 15 is 0 Å². The highest BCUT2D eigenvalue weighted by Gasteiger charge is 2.22. The average Bonchev–Trinajstić information content (AvgIpc) is 2.98. The topological polar surface area (TPSA) is 31.4 Å². The Morgan fingerprint density at radius 3 is 3.00 bits per heavy atom. The normalized spacial score (nSPS) is 22.2. The van der Waals surface area contributed by atoms with Crippen LogP contribution in [0.15, 0.2) is 48.4 Å². The monoisotopic (exact) mass is 270 g/mol. The van der Waals surface area contributed by atoms with Crippen molar-refractivity contribution in [3.63, 3.8) is 0 Å². The van der Waals surface area contributed by atoms with E-state index in [2.05, 4.69) is 44.5 Å². The van der Waals surface area contributed by atoms with Gasteiger partial charge in [0.05, 0.1) is 12.2 Å². The molecule has 0 spiro atoms. The molecule has 3 rings (SSSR count). The molecule has 20 heavy (non-hydrogen) atoms. The summed E-state index contributed by atoms with van der Waals surface area (Å²) in [5.41, 5.74) is 2.48. The van der Waals surface area contributed by atoms with Crippen LogP contribution in [0.3, 0.4) is 0 Å². The summed E-state index contributed by atoms with van der Waals surface area (Å²) in [6.45, 7) is 4.11. The van der Waals surface area contributed by atoms with Crippen LogP contribution >= 0.6 is 0 Å². The fourth-order valence-corrected chi connectivity index (χ4v) is 2.80. The first-order chi connectivity index (χ1) is 9.85. The highest BCUT2D eigenvalue weighted by atomic mass is 15.2. The van der Waals surface area contributed by atoms with E-state index in [1.165, 1.54) is 12.1 Å². The van der Waals surface area contributed by atoms with Crippen LogP contribution < -0.4 is 5.32 Å². The lowest BCUT2D eigenvalue weighted by Gasteiger charge is -2.27. The Labute approximate surface area is 120 Å². The molecular formula is C16H22N4. The standard InChI is InChI=1S/C16H22N4/c1-17-14-5-11-20(13-14)16-6-9-19(10-7-16)12-15-4-2-3-8-18-15/h2-4,6-9,14,17H,5,10-13H2,1H3/t14-/m0/s1. The maximum atomic E-state index is 4.38. The molecular weight excluding hydrogens is 248 g/mol. The summed E-state index contributed by atoms with van der Waals surface area (Å²) in [5.74, 6) is 0. The predicted octanol–water partition coefficient (Wildman–Crippen LogP) is 1.59. The number of rotatable bonds is 4. The lowest BCUT2D eigenvalue weighted by molar-refractivity contribution is 0.372. The van der Waals surface area contributed by atoms with Gasteiger partial charge in [-0.05, 0) is 37.8 Å². The molecule has 106 valence electrons. The highest BCUT2D eigenvalue weighted by Crippen LogP contribution is 2.19. The van der Waals surface area contributed by atoms with E-state index in [-0.39, 0.29) is 0 Å². The van der Waals surface area contributed by atoms with Crippen molar-refractivity contribution in [2.45, 2.75) is 19.0 Å². The molecule has 0 amide bonds. The molecule has 4 heteroatoms. The van der Waals surface area contributed by atoms with E-state index in [0.717, 1.165) is 31.9 Å². The van der Waals surface area contributed by atoms with E-state index in [9.17, 15) is 0 Å². The fourth-order valence-electron chi connectivity index (χ4n) is 2.80. The number of nitrogens with one attached hydrogen (secondary N) is 1. The van der Waals surface area contributed by atoms with Gasteiger partial charge in [0.25, 0.3) is 0 Å². The van der Waals surface area contributed by atoms with Gasteiger partial charge in [0.2, 0.25) is 0 Å². The number of hydrogen-bond acceptors (Lipinski definition) is 4. The van der Waals surface area contributed by atoms with Gasteiger partial charge in [-0.2, -0.15) is 0 Å². The van der Waals surface area contributed by atoms with Gasteiger partial charge in [-0.25, -0.2) is 0 Å². The van der Waals surface area contributed by atoms with Gasteiger partial charge in [-0.3, -0.25) is 4.98 Å². The summed E-state index contributed by atoms with van der Waals surface area (Å²) in [7, 11) is 2.05. The van der Waals surface area contributed by atoms with Crippen LogP contribution in [0.1, 0.15) is 12.1 Å². The maximum absolute atomic E-state index is 4.38. The van der Waals surface area contributed by atoms with Crippen molar-refractivity contribution in [2.75, 3.05) is 26.7 Å². The Morgan fingerprint density at radius 2 is 2.35 bits per heavy atom. The van der Waals surface area contributed by atoms with E-state index < -0.39 is 0 Å². The third kappa shape index (κ3) is 3.02. The zero-order chi connectivity index (χ0) is 13.8. The van der Waals surface area contributed by atoms with Gasteiger partial charge in [-0.15, -0.1) is 0 Å². The fraction of sp³-hybridized carbons (Fsp3) is 0.438. The van der Waals surface area contributed by atoms with Gasteiger partial charge in [0.1, 0.15) is 0 Å². The quantitative estimate of drug-likeness (QED) is 0.900. The molecule has 0 unspecified atom stereocenters. The van der Waals surface area contributed by atoms with E-state index in [1.54, 1.807) is 0 Å². The van der Waals surface area contributed by atoms with Crippen molar-refractivity contribution in [1.29, 1.82) is 0 Å². The molecule has 4 nitrogen and oxygen atoms in total. The molecule has 0 radical (unpaired) electrons. The van der Waals surface area contributed by atoms with Crippen LogP contribution in [0.2, 0.25) is 0 Å².